The molecular weight excluding hydrogens is 314 g/mol. The Morgan fingerprint density at radius 1 is 1.00 bits per heavy atom. The van der Waals surface area contributed by atoms with Crippen LogP contribution in [0.3, 0.4) is 0 Å². The second-order valence-electron chi connectivity index (χ2n) is 6.08. The second kappa shape index (κ2) is 6.80. The molecule has 3 aromatic rings. The fourth-order valence-electron chi connectivity index (χ4n) is 3.02. The summed E-state index contributed by atoms with van der Waals surface area (Å²) in [5.41, 5.74) is 2.09. The number of nitrogens with zero attached hydrogens (tertiary/aromatic N) is 6. The molecule has 0 saturated carbocycles. The lowest BCUT2D eigenvalue weighted by atomic mass is 10.1. The number of nitrogens with one attached hydrogen (secondary N) is 1. The van der Waals surface area contributed by atoms with E-state index in [0.29, 0.717) is 11.9 Å². The second-order valence-corrected chi connectivity index (χ2v) is 6.08. The quantitative estimate of drug-likeness (QED) is 0.786. The minimum absolute atomic E-state index is 0.345. The molecule has 1 saturated heterocycles. The Morgan fingerprint density at radius 3 is 2.68 bits per heavy atom. The molecule has 1 unspecified atom stereocenters. The van der Waals surface area contributed by atoms with Crippen LogP contribution in [0, 0.1) is 6.92 Å². The van der Waals surface area contributed by atoms with Gasteiger partial charge in [0.15, 0.2) is 0 Å². The Labute approximate surface area is 146 Å². The first-order valence-corrected chi connectivity index (χ1v) is 8.33. The van der Waals surface area contributed by atoms with Crippen molar-refractivity contribution in [3.8, 4) is 0 Å². The maximum absolute atomic E-state index is 4.69. The fourth-order valence-corrected chi connectivity index (χ4v) is 3.02. The average Bonchev–Trinajstić information content (AvgIpc) is 3.15. The summed E-state index contributed by atoms with van der Waals surface area (Å²) in [4.78, 5) is 24.2. The average molecular weight is 333 g/mol. The Balaban J connectivity index is 1.50. The third kappa shape index (κ3) is 3.40. The van der Waals surface area contributed by atoms with E-state index < -0.39 is 0 Å². The summed E-state index contributed by atoms with van der Waals surface area (Å²) in [7, 11) is 0. The highest BCUT2D eigenvalue weighted by Crippen LogP contribution is 2.28. The normalized spacial score (nSPS) is 16.8. The summed E-state index contributed by atoms with van der Waals surface area (Å²) in [6.07, 6.45) is 8.13. The summed E-state index contributed by atoms with van der Waals surface area (Å²) in [6, 6.07) is 7.74. The number of rotatable bonds is 4. The van der Waals surface area contributed by atoms with E-state index in [4.69, 9.17) is 0 Å². The molecule has 4 heterocycles. The van der Waals surface area contributed by atoms with Crippen LogP contribution in [0.15, 0.2) is 49.1 Å². The van der Waals surface area contributed by atoms with Gasteiger partial charge in [-0.2, -0.15) is 0 Å². The van der Waals surface area contributed by atoms with Crippen molar-refractivity contribution in [2.24, 2.45) is 0 Å². The molecule has 7 heteroatoms. The van der Waals surface area contributed by atoms with Gasteiger partial charge in [-0.15, -0.1) is 0 Å². The number of hydrogen-bond acceptors (Lipinski definition) is 7. The van der Waals surface area contributed by atoms with Crippen LogP contribution in [0.25, 0.3) is 0 Å². The molecule has 1 aliphatic rings. The monoisotopic (exact) mass is 333 g/mol. The molecule has 0 spiro atoms. The predicted molar refractivity (Wildman–Crippen MR) is 95.9 cm³/mol. The number of anilines is 3. The summed E-state index contributed by atoms with van der Waals surface area (Å²) in [5.74, 6) is 2.48. The molecule has 126 valence electrons. The van der Waals surface area contributed by atoms with Crippen molar-refractivity contribution in [2.75, 3.05) is 23.3 Å². The van der Waals surface area contributed by atoms with E-state index in [9.17, 15) is 0 Å². The van der Waals surface area contributed by atoms with Gasteiger partial charge in [0.25, 0.3) is 0 Å². The van der Waals surface area contributed by atoms with Crippen molar-refractivity contribution >= 4 is 17.7 Å². The zero-order chi connectivity index (χ0) is 17.1. The lowest BCUT2D eigenvalue weighted by molar-refractivity contribution is 0.739. The molecule has 1 aliphatic heterocycles. The number of aryl methyl sites for hydroxylation is 1. The van der Waals surface area contributed by atoms with Gasteiger partial charge in [0.2, 0.25) is 11.9 Å². The Kier molecular flexibility index (Phi) is 4.20. The molecule has 1 N–H and O–H groups in total. The molecular formula is C18H19N7. The minimum atomic E-state index is 0.345. The molecule has 0 aliphatic carbocycles. The van der Waals surface area contributed by atoms with Gasteiger partial charge in [-0.3, -0.25) is 0 Å². The lowest BCUT2D eigenvalue weighted by Crippen LogP contribution is -2.21. The van der Waals surface area contributed by atoms with Gasteiger partial charge in [0, 0.05) is 43.8 Å². The highest BCUT2D eigenvalue weighted by molar-refractivity contribution is 5.52. The van der Waals surface area contributed by atoms with E-state index in [2.05, 4.69) is 35.1 Å². The summed E-state index contributed by atoms with van der Waals surface area (Å²) in [5, 5.41) is 3.21. The van der Waals surface area contributed by atoms with E-state index in [1.165, 1.54) is 0 Å². The van der Waals surface area contributed by atoms with E-state index in [1.54, 1.807) is 24.8 Å². The largest absolute Gasteiger partial charge is 0.340 e. The maximum atomic E-state index is 4.69. The van der Waals surface area contributed by atoms with Crippen LogP contribution in [0.5, 0.6) is 0 Å². The van der Waals surface area contributed by atoms with Crippen LogP contribution in [0.2, 0.25) is 0 Å². The van der Waals surface area contributed by atoms with Crippen LogP contribution in [-0.2, 0) is 0 Å². The van der Waals surface area contributed by atoms with E-state index in [0.717, 1.165) is 42.5 Å². The van der Waals surface area contributed by atoms with Crippen LogP contribution in [0.1, 0.15) is 23.6 Å². The van der Waals surface area contributed by atoms with Crippen LogP contribution >= 0.6 is 0 Å². The highest BCUT2D eigenvalue weighted by atomic mass is 15.3. The number of pyridine rings is 1. The lowest BCUT2D eigenvalue weighted by Gasteiger charge is -2.16. The molecule has 0 bridgehead atoms. The smallest absolute Gasteiger partial charge is 0.228 e. The maximum Gasteiger partial charge on any atom is 0.228 e. The van der Waals surface area contributed by atoms with Crippen molar-refractivity contribution in [2.45, 2.75) is 19.3 Å². The third-order valence-corrected chi connectivity index (χ3v) is 4.36. The van der Waals surface area contributed by atoms with Crippen molar-refractivity contribution in [1.82, 2.24) is 24.9 Å². The van der Waals surface area contributed by atoms with Crippen LogP contribution < -0.4 is 10.2 Å². The van der Waals surface area contributed by atoms with Crippen molar-refractivity contribution in [3.63, 3.8) is 0 Å². The Bertz CT molecular complexity index is 853. The van der Waals surface area contributed by atoms with Crippen molar-refractivity contribution < 1.29 is 0 Å². The van der Waals surface area contributed by atoms with Crippen molar-refractivity contribution in [1.29, 1.82) is 0 Å². The molecule has 0 amide bonds. The molecule has 1 fully saturated rings. The first-order chi connectivity index (χ1) is 12.3. The molecule has 7 nitrogen and oxygen atoms in total. The summed E-state index contributed by atoms with van der Waals surface area (Å²) >= 11 is 0. The molecule has 25 heavy (non-hydrogen) atoms. The Hall–Kier alpha value is -3.09. The van der Waals surface area contributed by atoms with Crippen LogP contribution in [-0.4, -0.2) is 38.0 Å². The third-order valence-electron chi connectivity index (χ3n) is 4.36. The summed E-state index contributed by atoms with van der Waals surface area (Å²) < 4.78 is 0. The van der Waals surface area contributed by atoms with Gasteiger partial charge in [-0.25, -0.2) is 24.9 Å². The standard InChI is InChI=1S/C18H19N7/c1-13-4-2-7-19-16(13)24-17-20-10-5-15(23-17)14-6-11-25(12-14)18-21-8-3-9-22-18/h2-5,7-10,14H,6,11-12H2,1H3,(H,19,20,23,24). The van der Waals surface area contributed by atoms with Gasteiger partial charge in [0.05, 0.1) is 5.69 Å². The first kappa shape index (κ1) is 15.4. The molecule has 0 aromatic carbocycles. The first-order valence-electron chi connectivity index (χ1n) is 8.33. The molecule has 3 aromatic heterocycles. The molecule has 0 radical (unpaired) electrons. The molecule has 4 rings (SSSR count). The fraction of sp³-hybridized carbons (Fsp3) is 0.278. The number of aromatic nitrogens is 5. The van der Waals surface area contributed by atoms with Crippen molar-refractivity contribution in [3.05, 3.63) is 60.3 Å². The SMILES string of the molecule is Cc1cccnc1Nc1nccc(C2CCN(c3ncccn3)C2)n1. The molecule has 1 atom stereocenters. The van der Waals surface area contributed by atoms with Crippen LogP contribution in [0.4, 0.5) is 17.7 Å². The zero-order valence-corrected chi connectivity index (χ0v) is 14.0. The van der Waals surface area contributed by atoms with Gasteiger partial charge in [-0.05, 0) is 37.1 Å². The van der Waals surface area contributed by atoms with Gasteiger partial charge < -0.3 is 10.2 Å². The van der Waals surface area contributed by atoms with E-state index in [-0.39, 0.29) is 0 Å². The summed E-state index contributed by atoms with van der Waals surface area (Å²) in [6.45, 7) is 3.80. The minimum Gasteiger partial charge on any atom is -0.340 e. The van der Waals surface area contributed by atoms with Gasteiger partial charge in [-0.1, -0.05) is 6.07 Å². The Morgan fingerprint density at radius 2 is 1.84 bits per heavy atom. The van der Waals surface area contributed by atoms with E-state index in [1.807, 2.05) is 31.2 Å². The van der Waals surface area contributed by atoms with E-state index >= 15 is 0 Å². The number of hydrogen-bond donors (Lipinski definition) is 1. The predicted octanol–water partition coefficient (Wildman–Crippen LogP) is 2.71. The van der Waals surface area contributed by atoms with Gasteiger partial charge in [0.1, 0.15) is 5.82 Å². The topological polar surface area (TPSA) is 79.7 Å². The van der Waals surface area contributed by atoms with Gasteiger partial charge >= 0.3 is 0 Å². The highest BCUT2D eigenvalue weighted by Gasteiger charge is 2.26. The zero-order valence-electron chi connectivity index (χ0n) is 14.0.